The topological polar surface area (TPSA) is 54.3 Å². The third-order valence-electron chi connectivity index (χ3n) is 2.73. The number of amides is 1. The van der Waals surface area contributed by atoms with Crippen molar-refractivity contribution >= 4 is 43.5 Å². The van der Waals surface area contributed by atoms with Gasteiger partial charge in [-0.15, -0.1) is 0 Å². The maximum atomic E-state index is 11.8. The Morgan fingerprint density at radius 2 is 1.90 bits per heavy atom. The molecule has 0 aliphatic carbocycles. The first kappa shape index (κ1) is 16.1. The normalized spacial score (nSPS) is 10.7. The van der Waals surface area contributed by atoms with Crippen LogP contribution in [-0.2, 0) is 6.54 Å². The molecular weight excluding hydrogens is 400 g/mol. The Balaban J connectivity index is 1.94. The van der Waals surface area contributed by atoms with Crippen LogP contribution in [0.4, 0.5) is 5.69 Å². The Labute approximate surface area is 140 Å². The van der Waals surface area contributed by atoms with Crippen LogP contribution < -0.4 is 10.6 Å². The molecule has 0 spiro atoms. The van der Waals surface area contributed by atoms with Gasteiger partial charge < -0.3 is 15.1 Å². The van der Waals surface area contributed by atoms with Crippen molar-refractivity contribution in [1.29, 1.82) is 0 Å². The number of anilines is 1. The highest BCUT2D eigenvalue weighted by Crippen LogP contribution is 2.27. The third-order valence-corrected chi connectivity index (χ3v) is 4.44. The Morgan fingerprint density at radius 1 is 1.24 bits per heavy atom. The van der Waals surface area contributed by atoms with E-state index < -0.39 is 0 Å². The second-order valence-electron chi connectivity index (χ2n) is 4.89. The van der Waals surface area contributed by atoms with Crippen molar-refractivity contribution in [2.75, 3.05) is 5.32 Å². The maximum Gasteiger partial charge on any atom is 0.251 e. The quantitative estimate of drug-likeness (QED) is 0.752. The highest BCUT2D eigenvalue weighted by molar-refractivity contribution is 9.13. The van der Waals surface area contributed by atoms with E-state index in [1.807, 2.05) is 32.0 Å². The molecule has 1 heterocycles. The van der Waals surface area contributed by atoms with E-state index in [1.165, 1.54) is 0 Å². The van der Waals surface area contributed by atoms with E-state index in [4.69, 9.17) is 4.42 Å². The molecule has 112 valence electrons. The summed E-state index contributed by atoms with van der Waals surface area (Å²) < 4.78 is 7.05. The fraction of sp³-hybridized carbons (Fsp3) is 0.267. The first-order valence-corrected chi connectivity index (χ1v) is 8.13. The number of carbonyl (C=O) groups is 1. The smallest absolute Gasteiger partial charge is 0.251 e. The fourth-order valence-electron chi connectivity index (χ4n) is 1.75. The van der Waals surface area contributed by atoms with Crippen LogP contribution in [0.5, 0.6) is 0 Å². The molecule has 21 heavy (non-hydrogen) atoms. The van der Waals surface area contributed by atoms with Gasteiger partial charge in [0.2, 0.25) is 0 Å². The van der Waals surface area contributed by atoms with Crippen LogP contribution in [0, 0.1) is 0 Å². The van der Waals surface area contributed by atoms with Gasteiger partial charge >= 0.3 is 0 Å². The van der Waals surface area contributed by atoms with Crippen molar-refractivity contribution in [1.82, 2.24) is 5.32 Å². The highest BCUT2D eigenvalue weighted by atomic mass is 79.9. The van der Waals surface area contributed by atoms with Gasteiger partial charge in [0.15, 0.2) is 4.67 Å². The summed E-state index contributed by atoms with van der Waals surface area (Å²) in [6, 6.07) is 9.39. The highest BCUT2D eigenvalue weighted by Gasteiger charge is 2.08. The number of benzene rings is 1. The van der Waals surface area contributed by atoms with Crippen molar-refractivity contribution in [3.8, 4) is 0 Å². The van der Waals surface area contributed by atoms with Gasteiger partial charge in [-0.3, -0.25) is 4.79 Å². The van der Waals surface area contributed by atoms with Gasteiger partial charge in [-0.05, 0) is 76.0 Å². The largest absolute Gasteiger partial charge is 0.451 e. The molecule has 1 amide bonds. The van der Waals surface area contributed by atoms with Gasteiger partial charge in [0, 0.05) is 17.3 Å². The predicted octanol–water partition coefficient (Wildman–Crippen LogP) is 4.55. The van der Waals surface area contributed by atoms with E-state index in [1.54, 1.807) is 12.1 Å². The Kier molecular flexibility index (Phi) is 5.47. The zero-order chi connectivity index (χ0) is 15.4. The molecule has 0 bridgehead atoms. The van der Waals surface area contributed by atoms with E-state index >= 15 is 0 Å². The van der Waals surface area contributed by atoms with Gasteiger partial charge in [0.1, 0.15) is 5.76 Å². The second kappa shape index (κ2) is 7.13. The first-order chi connectivity index (χ1) is 9.95. The fourth-order valence-corrected chi connectivity index (χ4v) is 2.41. The molecule has 0 unspecified atom stereocenters. The molecule has 2 N–H and O–H groups in total. The zero-order valence-electron chi connectivity index (χ0n) is 11.7. The molecule has 0 aliphatic rings. The number of halogens is 2. The zero-order valence-corrected chi connectivity index (χ0v) is 14.9. The Morgan fingerprint density at radius 3 is 2.43 bits per heavy atom. The average molecular weight is 416 g/mol. The summed E-state index contributed by atoms with van der Waals surface area (Å²) in [5.74, 6) is 0.755. The Hall–Kier alpha value is -1.27. The summed E-state index contributed by atoms with van der Waals surface area (Å²) in [5, 5.41) is 6.10. The van der Waals surface area contributed by atoms with Crippen molar-refractivity contribution in [2.45, 2.75) is 26.4 Å². The molecule has 0 aliphatic heterocycles. The van der Waals surface area contributed by atoms with Gasteiger partial charge in [-0.25, -0.2) is 0 Å². The summed E-state index contributed by atoms with van der Waals surface area (Å²) in [4.78, 5) is 11.8. The minimum Gasteiger partial charge on any atom is -0.451 e. The molecule has 0 saturated carbocycles. The molecular formula is C15H16Br2N2O2. The molecule has 6 heteroatoms. The van der Waals surface area contributed by atoms with Crippen molar-refractivity contribution in [3.63, 3.8) is 0 Å². The molecule has 1 aromatic carbocycles. The van der Waals surface area contributed by atoms with Crippen molar-refractivity contribution < 1.29 is 9.21 Å². The summed E-state index contributed by atoms with van der Waals surface area (Å²) >= 11 is 6.68. The maximum absolute atomic E-state index is 11.8. The minimum atomic E-state index is -0.0598. The van der Waals surface area contributed by atoms with Crippen LogP contribution in [0.25, 0.3) is 0 Å². The van der Waals surface area contributed by atoms with Crippen LogP contribution in [0.2, 0.25) is 0 Å². The molecule has 1 aromatic heterocycles. The third kappa shape index (κ3) is 4.61. The van der Waals surface area contributed by atoms with Gasteiger partial charge in [-0.1, -0.05) is 0 Å². The molecule has 0 radical (unpaired) electrons. The second-order valence-corrected chi connectivity index (χ2v) is 6.47. The Bertz CT molecular complexity index is 602. The van der Waals surface area contributed by atoms with Gasteiger partial charge in [-0.2, -0.15) is 0 Å². The van der Waals surface area contributed by atoms with E-state index in [-0.39, 0.29) is 11.9 Å². The van der Waals surface area contributed by atoms with E-state index in [2.05, 4.69) is 42.5 Å². The van der Waals surface area contributed by atoms with Gasteiger partial charge in [0.05, 0.1) is 11.0 Å². The SMILES string of the molecule is CC(C)NC(=O)c1ccc(NCc2cc(Br)c(Br)o2)cc1. The summed E-state index contributed by atoms with van der Waals surface area (Å²) in [7, 11) is 0. The van der Waals surface area contributed by atoms with Crippen LogP contribution in [0.15, 0.2) is 43.9 Å². The van der Waals surface area contributed by atoms with Crippen LogP contribution in [-0.4, -0.2) is 11.9 Å². The molecule has 0 saturated heterocycles. The first-order valence-electron chi connectivity index (χ1n) is 6.54. The molecule has 0 atom stereocenters. The van der Waals surface area contributed by atoms with E-state index in [9.17, 15) is 4.79 Å². The lowest BCUT2D eigenvalue weighted by Gasteiger charge is -2.09. The van der Waals surface area contributed by atoms with E-state index in [0.29, 0.717) is 16.8 Å². The van der Waals surface area contributed by atoms with Crippen LogP contribution in [0.3, 0.4) is 0 Å². The van der Waals surface area contributed by atoms with Crippen LogP contribution >= 0.6 is 31.9 Å². The number of nitrogens with one attached hydrogen (secondary N) is 2. The number of hydrogen-bond donors (Lipinski definition) is 2. The van der Waals surface area contributed by atoms with Crippen LogP contribution in [0.1, 0.15) is 30.0 Å². The number of carbonyl (C=O) groups excluding carboxylic acids is 1. The van der Waals surface area contributed by atoms with Crippen molar-refractivity contribution in [2.24, 2.45) is 0 Å². The minimum absolute atomic E-state index is 0.0598. The van der Waals surface area contributed by atoms with Gasteiger partial charge in [0.25, 0.3) is 5.91 Å². The van der Waals surface area contributed by atoms with Crippen molar-refractivity contribution in [3.05, 3.63) is 50.8 Å². The molecule has 4 nitrogen and oxygen atoms in total. The average Bonchev–Trinajstić information content (AvgIpc) is 2.75. The standard InChI is InChI=1S/C15H16Br2N2O2/c1-9(2)19-15(20)10-3-5-11(6-4-10)18-8-12-7-13(16)14(17)21-12/h3-7,9,18H,8H2,1-2H3,(H,19,20). The molecule has 0 fully saturated rings. The number of hydrogen-bond acceptors (Lipinski definition) is 3. The summed E-state index contributed by atoms with van der Waals surface area (Å²) in [6.45, 7) is 4.45. The lowest BCUT2D eigenvalue weighted by Crippen LogP contribution is -2.29. The monoisotopic (exact) mass is 414 g/mol. The number of furan rings is 1. The summed E-state index contributed by atoms with van der Waals surface area (Å²) in [5.41, 5.74) is 1.58. The summed E-state index contributed by atoms with van der Waals surface area (Å²) in [6.07, 6.45) is 0. The lowest BCUT2D eigenvalue weighted by molar-refractivity contribution is 0.0943. The molecule has 2 aromatic rings. The number of rotatable bonds is 5. The molecule has 2 rings (SSSR count). The lowest BCUT2D eigenvalue weighted by atomic mass is 10.2. The van der Waals surface area contributed by atoms with E-state index in [0.717, 1.165) is 15.9 Å². The predicted molar refractivity (Wildman–Crippen MR) is 90.5 cm³/mol.